The van der Waals surface area contributed by atoms with Gasteiger partial charge in [0, 0.05) is 5.56 Å². The summed E-state index contributed by atoms with van der Waals surface area (Å²) >= 11 is 0. The molecule has 0 spiro atoms. The van der Waals surface area contributed by atoms with E-state index in [9.17, 15) is 0 Å². The van der Waals surface area contributed by atoms with Gasteiger partial charge in [-0.15, -0.1) is 10.2 Å². The first-order valence-electron chi connectivity index (χ1n) is 7.77. The fourth-order valence-corrected chi connectivity index (χ4v) is 2.65. The summed E-state index contributed by atoms with van der Waals surface area (Å²) in [6, 6.07) is 15.8. The average Bonchev–Trinajstić information content (AvgIpc) is 3.04. The summed E-state index contributed by atoms with van der Waals surface area (Å²) in [5.41, 5.74) is 5.61. The van der Waals surface area contributed by atoms with Gasteiger partial charge in [-0.3, -0.25) is 0 Å². The standard InChI is InChI=1S/C18H16N6/c1-12-7-3-4-8-14(12)18-21-23-24(22-18)11-17-13(2)19-15-9-5-6-10-16(15)20-17/h3-10H,11H2,1-2H3. The number of para-hydroxylation sites is 2. The van der Waals surface area contributed by atoms with Crippen LogP contribution in [0.1, 0.15) is 17.0 Å². The molecule has 0 amide bonds. The zero-order valence-electron chi connectivity index (χ0n) is 13.5. The monoisotopic (exact) mass is 316 g/mol. The highest BCUT2D eigenvalue weighted by Crippen LogP contribution is 2.18. The Kier molecular flexibility index (Phi) is 3.49. The first-order chi connectivity index (χ1) is 11.7. The molecule has 6 heteroatoms. The maximum Gasteiger partial charge on any atom is 0.205 e. The van der Waals surface area contributed by atoms with Crippen molar-refractivity contribution in [2.75, 3.05) is 0 Å². The fraction of sp³-hybridized carbons (Fsp3) is 0.167. The van der Waals surface area contributed by atoms with Crippen LogP contribution in [0, 0.1) is 13.8 Å². The molecule has 0 aliphatic heterocycles. The fourth-order valence-electron chi connectivity index (χ4n) is 2.65. The number of nitrogens with zero attached hydrogens (tertiary/aromatic N) is 6. The quantitative estimate of drug-likeness (QED) is 0.581. The molecule has 24 heavy (non-hydrogen) atoms. The smallest absolute Gasteiger partial charge is 0.205 e. The predicted octanol–water partition coefficient (Wildman–Crippen LogP) is 2.95. The third-order valence-corrected chi connectivity index (χ3v) is 3.97. The van der Waals surface area contributed by atoms with E-state index in [1.165, 1.54) is 0 Å². The van der Waals surface area contributed by atoms with Crippen LogP contribution in [0.5, 0.6) is 0 Å². The van der Waals surface area contributed by atoms with Crippen LogP contribution >= 0.6 is 0 Å². The normalized spacial score (nSPS) is 11.1. The second-order valence-corrected chi connectivity index (χ2v) is 5.70. The van der Waals surface area contributed by atoms with Crippen LogP contribution in [-0.2, 0) is 6.54 Å². The van der Waals surface area contributed by atoms with Crippen molar-refractivity contribution in [2.45, 2.75) is 20.4 Å². The number of rotatable bonds is 3. The van der Waals surface area contributed by atoms with Crippen molar-refractivity contribution in [1.29, 1.82) is 0 Å². The zero-order valence-corrected chi connectivity index (χ0v) is 13.5. The minimum atomic E-state index is 0.447. The summed E-state index contributed by atoms with van der Waals surface area (Å²) in [6.45, 7) is 4.44. The number of tetrazole rings is 1. The maximum absolute atomic E-state index is 4.68. The minimum absolute atomic E-state index is 0.447. The number of hydrogen-bond acceptors (Lipinski definition) is 5. The van der Waals surface area contributed by atoms with Crippen LogP contribution in [0.15, 0.2) is 48.5 Å². The van der Waals surface area contributed by atoms with Gasteiger partial charge in [0.05, 0.1) is 22.4 Å². The molecule has 2 aromatic carbocycles. The largest absolute Gasteiger partial charge is 0.250 e. The molecule has 2 heterocycles. The van der Waals surface area contributed by atoms with Crippen LogP contribution in [0.2, 0.25) is 0 Å². The number of fused-ring (bicyclic) bond motifs is 1. The van der Waals surface area contributed by atoms with Crippen molar-refractivity contribution in [3.8, 4) is 11.4 Å². The van der Waals surface area contributed by atoms with Gasteiger partial charge < -0.3 is 0 Å². The van der Waals surface area contributed by atoms with Crippen molar-refractivity contribution >= 4 is 11.0 Å². The second kappa shape index (κ2) is 5.81. The van der Waals surface area contributed by atoms with E-state index < -0.39 is 0 Å². The van der Waals surface area contributed by atoms with Crippen molar-refractivity contribution in [2.24, 2.45) is 0 Å². The minimum Gasteiger partial charge on any atom is -0.250 e. The lowest BCUT2D eigenvalue weighted by Crippen LogP contribution is -2.09. The van der Waals surface area contributed by atoms with E-state index in [4.69, 9.17) is 0 Å². The Labute approximate surface area is 139 Å². The van der Waals surface area contributed by atoms with E-state index in [2.05, 4.69) is 25.4 Å². The molecule has 0 atom stereocenters. The average molecular weight is 316 g/mol. The molecule has 6 nitrogen and oxygen atoms in total. The topological polar surface area (TPSA) is 69.4 Å². The molecule has 0 aliphatic carbocycles. The Morgan fingerprint density at radius 3 is 2.38 bits per heavy atom. The molecular weight excluding hydrogens is 300 g/mol. The summed E-state index contributed by atoms with van der Waals surface area (Å²) in [5, 5.41) is 12.8. The van der Waals surface area contributed by atoms with Crippen LogP contribution in [-0.4, -0.2) is 30.2 Å². The van der Waals surface area contributed by atoms with Gasteiger partial charge in [-0.25, -0.2) is 9.97 Å². The Bertz CT molecular complexity index is 1020. The van der Waals surface area contributed by atoms with Gasteiger partial charge in [0.15, 0.2) is 0 Å². The molecule has 2 aromatic heterocycles. The van der Waals surface area contributed by atoms with Gasteiger partial charge in [0.2, 0.25) is 5.82 Å². The molecule has 118 valence electrons. The number of aryl methyl sites for hydroxylation is 2. The van der Waals surface area contributed by atoms with E-state index in [1.807, 2.05) is 62.4 Å². The number of benzene rings is 2. The third kappa shape index (κ3) is 2.62. The van der Waals surface area contributed by atoms with Crippen LogP contribution < -0.4 is 0 Å². The van der Waals surface area contributed by atoms with Gasteiger partial charge in [-0.1, -0.05) is 36.4 Å². The van der Waals surface area contributed by atoms with Crippen LogP contribution in [0.25, 0.3) is 22.4 Å². The summed E-state index contributed by atoms with van der Waals surface area (Å²) in [4.78, 5) is 10.8. The summed E-state index contributed by atoms with van der Waals surface area (Å²) < 4.78 is 0. The highest BCUT2D eigenvalue weighted by molar-refractivity contribution is 5.74. The Morgan fingerprint density at radius 1 is 0.875 bits per heavy atom. The highest BCUT2D eigenvalue weighted by atomic mass is 15.6. The Hall–Kier alpha value is -3.15. The molecule has 0 aliphatic rings. The lowest BCUT2D eigenvalue weighted by molar-refractivity contribution is 0.562. The maximum atomic E-state index is 4.68. The van der Waals surface area contributed by atoms with Gasteiger partial charge in [0.1, 0.15) is 6.54 Å². The molecule has 0 radical (unpaired) electrons. The highest BCUT2D eigenvalue weighted by Gasteiger charge is 2.11. The molecule has 4 rings (SSSR count). The molecule has 4 aromatic rings. The summed E-state index contributed by atoms with van der Waals surface area (Å²) in [5.74, 6) is 0.625. The predicted molar refractivity (Wildman–Crippen MR) is 91.4 cm³/mol. The van der Waals surface area contributed by atoms with E-state index in [1.54, 1.807) is 4.80 Å². The van der Waals surface area contributed by atoms with Crippen LogP contribution in [0.4, 0.5) is 0 Å². The molecular formula is C18H16N6. The van der Waals surface area contributed by atoms with Crippen molar-refractivity contribution in [1.82, 2.24) is 30.2 Å². The van der Waals surface area contributed by atoms with Gasteiger partial charge in [0.25, 0.3) is 0 Å². The molecule has 0 saturated heterocycles. The molecule has 0 saturated carbocycles. The zero-order chi connectivity index (χ0) is 16.5. The second-order valence-electron chi connectivity index (χ2n) is 5.70. The lowest BCUT2D eigenvalue weighted by atomic mass is 10.1. The summed E-state index contributed by atoms with van der Waals surface area (Å²) in [6.07, 6.45) is 0. The molecule has 0 unspecified atom stereocenters. The van der Waals surface area contributed by atoms with Gasteiger partial charge >= 0.3 is 0 Å². The van der Waals surface area contributed by atoms with Gasteiger partial charge in [-0.05, 0) is 36.8 Å². The van der Waals surface area contributed by atoms with E-state index in [-0.39, 0.29) is 0 Å². The SMILES string of the molecule is Cc1ccccc1-c1nnn(Cc2nc3ccccc3nc2C)n1. The van der Waals surface area contributed by atoms with E-state index in [0.717, 1.165) is 33.5 Å². The first-order valence-corrected chi connectivity index (χ1v) is 7.77. The Balaban J connectivity index is 1.67. The Morgan fingerprint density at radius 2 is 1.58 bits per heavy atom. The number of aromatic nitrogens is 6. The van der Waals surface area contributed by atoms with E-state index in [0.29, 0.717) is 12.4 Å². The number of hydrogen-bond donors (Lipinski definition) is 0. The molecule has 0 N–H and O–H groups in total. The first kappa shape index (κ1) is 14.4. The van der Waals surface area contributed by atoms with Gasteiger partial charge in [-0.2, -0.15) is 4.80 Å². The van der Waals surface area contributed by atoms with Crippen molar-refractivity contribution in [3.05, 3.63) is 65.5 Å². The summed E-state index contributed by atoms with van der Waals surface area (Å²) in [7, 11) is 0. The lowest BCUT2D eigenvalue weighted by Gasteiger charge is -2.05. The molecule has 0 fully saturated rings. The van der Waals surface area contributed by atoms with Crippen molar-refractivity contribution < 1.29 is 0 Å². The van der Waals surface area contributed by atoms with Crippen LogP contribution in [0.3, 0.4) is 0 Å². The molecule has 0 bridgehead atoms. The van der Waals surface area contributed by atoms with E-state index >= 15 is 0 Å². The van der Waals surface area contributed by atoms with Crippen molar-refractivity contribution in [3.63, 3.8) is 0 Å². The third-order valence-electron chi connectivity index (χ3n) is 3.97.